The minimum Gasteiger partial charge on any atom is -0.343 e. The van der Waals surface area contributed by atoms with Crippen LogP contribution in [0, 0.1) is 0 Å². The Kier molecular flexibility index (Phi) is 3.96. The first-order chi connectivity index (χ1) is 10.8. The largest absolute Gasteiger partial charge is 0.343 e. The molecule has 0 bridgehead atoms. The summed E-state index contributed by atoms with van der Waals surface area (Å²) >= 11 is 0. The molecule has 0 spiro atoms. The van der Waals surface area contributed by atoms with Gasteiger partial charge in [-0.2, -0.15) is 0 Å². The number of benzene rings is 1. The third kappa shape index (κ3) is 2.74. The Bertz CT molecular complexity index is 808. The van der Waals surface area contributed by atoms with Gasteiger partial charge in [0.25, 0.3) is 5.91 Å². The molecule has 2 aromatic heterocycles. The van der Waals surface area contributed by atoms with E-state index in [2.05, 4.69) is 21.9 Å². The zero-order valence-corrected chi connectivity index (χ0v) is 12.1. The number of pyridine rings is 1. The van der Waals surface area contributed by atoms with Crippen molar-refractivity contribution in [3.63, 3.8) is 0 Å². The van der Waals surface area contributed by atoms with Crippen molar-refractivity contribution in [1.29, 1.82) is 0 Å². The summed E-state index contributed by atoms with van der Waals surface area (Å²) in [5.41, 5.74) is 2.34. The van der Waals surface area contributed by atoms with E-state index in [-0.39, 0.29) is 5.91 Å². The van der Waals surface area contributed by atoms with Crippen LogP contribution in [-0.2, 0) is 13.1 Å². The minimum atomic E-state index is -0.210. The average molecular weight is 292 g/mol. The number of hydrogen-bond acceptors (Lipinski definition) is 3. The Hall–Kier alpha value is -2.95. The van der Waals surface area contributed by atoms with Crippen molar-refractivity contribution in [2.45, 2.75) is 13.1 Å². The second kappa shape index (κ2) is 6.22. The molecule has 0 unspecified atom stereocenters. The maximum absolute atomic E-state index is 12.1. The number of para-hydroxylation sites is 2. The van der Waals surface area contributed by atoms with Crippen LogP contribution in [0.3, 0.4) is 0 Å². The van der Waals surface area contributed by atoms with Gasteiger partial charge in [0.2, 0.25) is 0 Å². The molecule has 0 saturated carbocycles. The summed E-state index contributed by atoms with van der Waals surface area (Å²) < 4.78 is 2.04. The first kappa shape index (κ1) is 14.0. The number of fused-ring (bicyclic) bond motifs is 1. The quantitative estimate of drug-likeness (QED) is 0.735. The molecule has 0 aliphatic heterocycles. The lowest BCUT2D eigenvalue weighted by Crippen LogP contribution is -2.25. The number of hydrogen-bond donors (Lipinski definition) is 1. The van der Waals surface area contributed by atoms with Gasteiger partial charge in [0, 0.05) is 12.7 Å². The van der Waals surface area contributed by atoms with Crippen molar-refractivity contribution in [2.75, 3.05) is 0 Å². The highest BCUT2D eigenvalue weighted by molar-refractivity contribution is 5.92. The summed E-state index contributed by atoms with van der Waals surface area (Å²) in [6.45, 7) is 4.77. The van der Waals surface area contributed by atoms with Gasteiger partial charge in [-0.05, 0) is 24.3 Å². The molecule has 110 valence electrons. The predicted octanol–water partition coefficient (Wildman–Crippen LogP) is 2.55. The number of carbonyl (C=O) groups excluding carboxylic acids is 1. The number of nitrogens with zero attached hydrogens (tertiary/aromatic N) is 3. The number of rotatable bonds is 5. The molecule has 5 heteroatoms. The molecule has 0 atom stereocenters. The van der Waals surface area contributed by atoms with Crippen LogP contribution in [0.4, 0.5) is 0 Å². The third-order valence-electron chi connectivity index (χ3n) is 3.35. The monoisotopic (exact) mass is 292 g/mol. The lowest BCUT2D eigenvalue weighted by Gasteiger charge is -2.07. The average Bonchev–Trinajstić information content (AvgIpc) is 2.92. The summed E-state index contributed by atoms with van der Waals surface area (Å²) in [4.78, 5) is 20.7. The SMILES string of the molecule is C=CCn1c(CNC(=O)c2ccccn2)nc2ccccc21. The third-order valence-corrected chi connectivity index (χ3v) is 3.35. The van der Waals surface area contributed by atoms with E-state index in [9.17, 15) is 4.79 Å². The van der Waals surface area contributed by atoms with Gasteiger partial charge in [0.1, 0.15) is 11.5 Å². The van der Waals surface area contributed by atoms with Crippen molar-refractivity contribution >= 4 is 16.9 Å². The Morgan fingerprint density at radius 2 is 2.05 bits per heavy atom. The van der Waals surface area contributed by atoms with E-state index in [1.807, 2.05) is 34.9 Å². The van der Waals surface area contributed by atoms with Gasteiger partial charge in [-0.15, -0.1) is 6.58 Å². The molecule has 0 aliphatic rings. The Labute approximate surface area is 128 Å². The van der Waals surface area contributed by atoms with Crippen molar-refractivity contribution in [3.8, 4) is 0 Å². The molecule has 1 N–H and O–H groups in total. The van der Waals surface area contributed by atoms with Gasteiger partial charge < -0.3 is 9.88 Å². The molecule has 0 fully saturated rings. The molecule has 5 nitrogen and oxygen atoms in total. The van der Waals surface area contributed by atoms with Crippen molar-refractivity contribution in [2.24, 2.45) is 0 Å². The number of allylic oxidation sites excluding steroid dienone is 1. The maximum atomic E-state index is 12.1. The van der Waals surface area contributed by atoms with Crippen LogP contribution in [-0.4, -0.2) is 20.4 Å². The van der Waals surface area contributed by atoms with Crippen LogP contribution in [0.5, 0.6) is 0 Å². The molecule has 3 aromatic rings. The topological polar surface area (TPSA) is 59.8 Å². The smallest absolute Gasteiger partial charge is 0.270 e. The summed E-state index contributed by atoms with van der Waals surface area (Å²) in [5.74, 6) is 0.586. The normalized spacial score (nSPS) is 10.5. The number of aromatic nitrogens is 3. The van der Waals surface area contributed by atoms with Gasteiger partial charge in [-0.1, -0.05) is 24.3 Å². The van der Waals surface area contributed by atoms with Crippen LogP contribution in [0.1, 0.15) is 16.3 Å². The Morgan fingerprint density at radius 1 is 1.23 bits per heavy atom. The number of amides is 1. The van der Waals surface area contributed by atoms with Crippen LogP contribution in [0.2, 0.25) is 0 Å². The zero-order valence-electron chi connectivity index (χ0n) is 12.1. The summed E-state index contributed by atoms with van der Waals surface area (Å²) in [7, 11) is 0. The van der Waals surface area contributed by atoms with Gasteiger partial charge in [-0.3, -0.25) is 9.78 Å². The number of carbonyl (C=O) groups is 1. The second-order valence-corrected chi connectivity index (χ2v) is 4.81. The van der Waals surface area contributed by atoms with Crippen LogP contribution in [0.15, 0.2) is 61.3 Å². The lowest BCUT2D eigenvalue weighted by atomic mass is 10.3. The lowest BCUT2D eigenvalue weighted by molar-refractivity contribution is 0.0944. The first-order valence-corrected chi connectivity index (χ1v) is 7.04. The van der Waals surface area contributed by atoms with E-state index >= 15 is 0 Å². The predicted molar refractivity (Wildman–Crippen MR) is 85.3 cm³/mol. The van der Waals surface area contributed by atoms with Crippen LogP contribution < -0.4 is 5.32 Å². The Morgan fingerprint density at radius 3 is 2.82 bits per heavy atom. The second-order valence-electron chi connectivity index (χ2n) is 4.81. The molecular formula is C17H16N4O. The summed E-state index contributed by atoms with van der Waals surface area (Å²) in [6.07, 6.45) is 3.42. The molecule has 22 heavy (non-hydrogen) atoms. The van der Waals surface area contributed by atoms with Crippen molar-refractivity contribution < 1.29 is 4.79 Å². The summed E-state index contributed by atoms with van der Waals surface area (Å²) in [6, 6.07) is 13.1. The minimum absolute atomic E-state index is 0.210. The molecular weight excluding hydrogens is 276 g/mol. The van der Waals surface area contributed by atoms with Gasteiger partial charge in [0.15, 0.2) is 0 Å². The van der Waals surface area contributed by atoms with Crippen LogP contribution in [0.25, 0.3) is 11.0 Å². The van der Waals surface area contributed by atoms with Crippen molar-refractivity contribution in [3.05, 3.63) is 72.8 Å². The first-order valence-electron chi connectivity index (χ1n) is 7.04. The molecule has 2 heterocycles. The van der Waals surface area contributed by atoms with E-state index in [0.29, 0.717) is 18.8 Å². The standard InChI is InChI=1S/C17H16N4O/c1-2-11-21-15-9-4-3-7-13(15)20-16(21)12-19-17(22)14-8-5-6-10-18-14/h2-10H,1,11-12H2,(H,19,22). The highest BCUT2D eigenvalue weighted by Crippen LogP contribution is 2.16. The highest BCUT2D eigenvalue weighted by atomic mass is 16.1. The van der Waals surface area contributed by atoms with E-state index in [1.165, 1.54) is 0 Å². The fraction of sp³-hybridized carbons (Fsp3) is 0.118. The molecule has 0 aliphatic carbocycles. The van der Waals surface area contributed by atoms with E-state index in [1.54, 1.807) is 24.4 Å². The fourth-order valence-corrected chi connectivity index (χ4v) is 2.34. The van der Waals surface area contributed by atoms with E-state index in [4.69, 9.17) is 0 Å². The van der Waals surface area contributed by atoms with Gasteiger partial charge in [-0.25, -0.2) is 4.98 Å². The van der Waals surface area contributed by atoms with Crippen molar-refractivity contribution in [1.82, 2.24) is 19.9 Å². The molecule has 1 aromatic carbocycles. The fourth-order valence-electron chi connectivity index (χ4n) is 2.34. The molecule has 0 radical (unpaired) electrons. The maximum Gasteiger partial charge on any atom is 0.270 e. The van der Waals surface area contributed by atoms with Gasteiger partial charge in [0.05, 0.1) is 17.6 Å². The molecule has 0 saturated heterocycles. The summed E-state index contributed by atoms with van der Waals surface area (Å²) in [5, 5.41) is 2.86. The highest BCUT2D eigenvalue weighted by Gasteiger charge is 2.11. The Balaban J connectivity index is 1.83. The number of nitrogens with one attached hydrogen (secondary N) is 1. The van der Waals surface area contributed by atoms with E-state index in [0.717, 1.165) is 16.9 Å². The van der Waals surface area contributed by atoms with Crippen LogP contribution >= 0.6 is 0 Å². The molecule has 1 amide bonds. The van der Waals surface area contributed by atoms with Gasteiger partial charge >= 0.3 is 0 Å². The number of imidazole rings is 1. The zero-order chi connectivity index (χ0) is 15.4. The van der Waals surface area contributed by atoms with E-state index < -0.39 is 0 Å². The molecule has 3 rings (SSSR count).